The minimum atomic E-state index is -0.130. The van der Waals surface area contributed by atoms with E-state index in [9.17, 15) is 4.39 Å². The van der Waals surface area contributed by atoms with Gasteiger partial charge in [-0.2, -0.15) is 0 Å². The smallest absolute Gasteiger partial charge is 0.128 e. The van der Waals surface area contributed by atoms with Crippen LogP contribution in [0.2, 0.25) is 5.02 Å². The fourth-order valence-electron chi connectivity index (χ4n) is 2.89. The number of piperazine rings is 1. The fourth-order valence-corrected chi connectivity index (χ4v) is 3.07. The second-order valence-corrected chi connectivity index (χ2v) is 5.90. The Balaban J connectivity index is 0.00000220. The highest BCUT2D eigenvalue weighted by Crippen LogP contribution is 2.30. The van der Waals surface area contributed by atoms with E-state index in [1.165, 1.54) is 18.9 Å². The first-order chi connectivity index (χ1) is 9.72. The zero-order valence-electron chi connectivity index (χ0n) is 13.0. The van der Waals surface area contributed by atoms with Crippen molar-refractivity contribution in [2.24, 2.45) is 0 Å². The van der Waals surface area contributed by atoms with Gasteiger partial charge in [0, 0.05) is 42.8 Å². The van der Waals surface area contributed by atoms with Gasteiger partial charge in [0.2, 0.25) is 0 Å². The van der Waals surface area contributed by atoms with Gasteiger partial charge in [0.05, 0.1) is 0 Å². The molecule has 1 aliphatic rings. The van der Waals surface area contributed by atoms with E-state index in [1.54, 1.807) is 12.1 Å². The first-order valence-corrected chi connectivity index (χ1v) is 8.00. The van der Waals surface area contributed by atoms with E-state index in [0.29, 0.717) is 5.02 Å². The molecule has 0 amide bonds. The Kier molecular flexibility index (Phi) is 11.4. The summed E-state index contributed by atoms with van der Waals surface area (Å²) in [5.74, 6) is -0.130. The third-order valence-corrected chi connectivity index (χ3v) is 4.23. The molecule has 1 saturated heterocycles. The molecule has 1 fully saturated rings. The maximum absolute atomic E-state index is 14.2. The van der Waals surface area contributed by atoms with Crippen LogP contribution in [-0.4, -0.2) is 31.1 Å². The summed E-state index contributed by atoms with van der Waals surface area (Å²) in [5, 5.41) is 3.98. The summed E-state index contributed by atoms with van der Waals surface area (Å²) in [7, 11) is 0. The number of unbranched alkanes of at least 4 members (excludes halogenated alkanes) is 2. The molecule has 0 unspecified atom stereocenters. The second kappa shape index (κ2) is 11.5. The van der Waals surface area contributed by atoms with Crippen molar-refractivity contribution < 1.29 is 4.39 Å². The lowest BCUT2D eigenvalue weighted by Crippen LogP contribution is -2.45. The molecular weight excluding hydrogens is 346 g/mol. The normalized spacial score (nSPS) is 16.5. The SMILES string of the molecule is CCCCC[C@H](c1cc(Cl)ccc1F)N1CCNCC1.Cl.Cl. The quantitative estimate of drug-likeness (QED) is 0.719. The average molecular weight is 372 g/mol. The molecule has 128 valence electrons. The van der Waals surface area contributed by atoms with E-state index in [1.807, 2.05) is 0 Å². The van der Waals surface area contributed by atoms with Gasteiger partial charge in [0.1, 0.15) is 5.82 Å². The summed E-state index contributed by atoms with van der Waals surface area (Å²) in [6.45, 7) is 6.10. The van der Waals surface area contributed by atoms with Crippen LogP contribution in [0.1, 0.15) is 44.2 Å². The number of nitrogens with one attached hydrogen (secondary N) is 1. The van der Waals surface area contributed by atoms with Crippen molar-refractivity contribution in [3.8, 4) is 0 Å². The molecule has 0 radical (unpaired) electrons. The molecular formula is C16H26Cl3FN2. The van der Waals surface area contributed by atoms with Gasteiger partial charge >= 0.3 is 0 Å². The molecule has 0 aromatic heterocycles. The van der Waals surface area contributed by atoms with Crippen molar-refractivity contribution in [2.75, 3.05) is 26.2 Å². The van der Waals surface area contributed by atoms with Crippen LogP contribution in [0, 0.1) is 5.82 Å². The molecule has 1 atom stereocenters. The van der Waals surface area contributed by atoms with E-state index >= 15 is 0 Å². The van der Waals surface area contributed by atoms with Crippen LogP contribution < -0.4 is 5.32 Å². The zero-order valence-corrected chi connectivity index (χ0v) is 15.4. The van der Waals surface area contributed by atoms with Gasteiger partial charge in [0.25, 0.3) is 0 Å². The topological polar surface area (TPSA) is 15.3 Å². The van der Waals surface area contributed by atoms with Crippen LogP contribution >= 0.6 is 36.4 Å². The Bertz CT molecular complexity index is 426. The Hall–Kier alpha value is -0.0600. The Morgan fingerprint density at radius 1 is 1.23 bits per heavy atom. The Labute approximate surface area is 150 Å². The van der Waals surface area contributed by atoms with E-state index in [2.05, 4.69) is 17.1 Å². The minimum absolute atomic E-state index is 0. The highest BCUT2D eigenvalue weighted by molar-refractivity contribution is 6.30. The van der Waals surface area contributed by atoms with Crippen LogP contribution in [0.3, 0.4) is 0 Å². The third-order valence-electron chi connectivity index (χ3n) is 3.99. The van der Waals surface area contributed by atoms with Gasteiger partial charge in [-0.3, -0.25) is 4.90 Å². The van der Waals surface area contributed by atoms with Crippen molar-refractivity contribution in [1.29, 1.82) is 0 Å². The maximum Gasteiger partial charge on any atom is 0.128 e. The minimum Gasteiger partial charge on any atom is -0.314 e. The molecule has 22 heavy (non-hydrogen) atoms. The first-order valence-electron chi connectivity index (χ1n) is 7.62. The van der Waals surface area contributed by atoms with Gasteiger partial charge in [0.15, 0.2) is 0 Å². The van der Waals surface area contributed by atoms with E-state index in [4.69, 9.17) is 11.6 Å². The highest BCUT2D eigenvalue weighted by atomic mass is 35.5. The van der Waals surface area contributed by atoms with E-state index in [-0.39, 0.29) is 36.7 Å². The van der Waals surface area contributed by atoms with Gasteiger partial charge in [-0.25, -0.2) is 4.39 Å². The average Bonchev–Trinajstić information content (AvgIpc) is 2.48. The largest absolute Gasteiger partial charge is 0.314 e. The lowest BCUT2D eigenvalue weighted by molar-refractivity contribution is 0.159. The highest BCUT2D eigenvalue weighted by Gasteiger charge is 2.24. The molecule has 1 heterocycles. The maximum atomic E-state index is 14.2. The summed E-state index contributed by atoms with van der Waals surface area (Å²) >= 11 is 6.06. The van der Waals surface area contributed by atoms with Gasteiger partial charge in [-0.1, -0.05) is 37.8 Å². The van der Waals surface area contributed by atoms with Gasteiger partial charge in [-0.05, 0) is 24.6 Å². The molecule has 0 aliphatic carbocycles. The predicted molar refractivity (Wildman–Crippen MR) is 97.2 cm³/mol. The summed E-state index contributed by atoms with van der Waals surface area (Å²) in [5.41, 5.74) is 0.760. The summed E-state index contributed by atoms with van der Waals surface area (Å²) < 4.78 is 14.2. The molecule has 1 aromatic carbocycles. The number of hydrogen-bond acceptors (Lipinski definition) is 2. The number of rotatable bonds is 6. The summed E-state index contributed by atoms with van der Waals surface area (Å²) in [4.78, 5) is 2.39. The standard InChI is InChI=1S/C16H24ClFN2.2ClH/c1-2-3-4-5-16(20-10-8-19-9-11-20)14-12-13(17)6-7-15(14)18;;/h6-7,12,16,19H,2-5,8-11H2,1H3;2*1H/t16-;;/m1../s1. The number of benzene rings is 1. The van der Waals surface area contributed by atoms with E-state index in [0.717, 1.165) is 44.6 Å². The second-order valence-electron chi connectivity index (χ2n) is 5.46. The van der Waals surface area contributed by atoms with Gasteiger partial charge < -0.3 is 5.32 Å². The van der Waals surface area contributed by atoms with Crippen molar-refractivity contribution in [1.82, 2.24) is 10.2 Å². The van der Waals surface area contributed by atoms with E-state index < -0.39 is 0 Å². The van der Waals surface area contributed by atoms with Crippen LogP contribution in [0.25, 0.3) is 0 Å². The van der Waals surface area contributed by atoms with Crippen LogP contribution in [0.4, 0.5) is 4.39 Å². The fraction of sp³-hybridized carbons (Fsp3) is 0.625. The number of nitrogens with zero attached hydrogens (tertiary/aromatic N) is 1. The van der Waals surface area contributed by atoms with Crippen molar-refractivity contribution in [2.45, 2.75) is 38.6 Å². The van der Waals surface area contributed by atoms with Crippen LogP contribution in [0.5, 0.6) is 0 Å². The number of halogens is 4. The molecule has 0 saturated carbocycles. The van der Waals surface area contributed by atoms with Crippen molar-refractivity contribution >= 4 is 36.4 Å². The zero-order chi connectivity index (χ0) is 14.4. The predicted octanol–water partition coefficient (Wildman–Crippen LogP) is 4.85. The summed E-state index contributed by atoms with van der Waals surface area (Å²) in [6.07, 6.45) is 4.53. The molecule has 1 aliphatic heterocycles. The molecule has 2 rings (SSSR count). The molecule has 6 heteroatoms. The number of hydrogen-bond donors (Lipinski definition) is 1. The lowest BCUT2D eigenvalue weighted by atomic mass is 9.97. The van der Waals surface area contributed by atoms with Crippen LogP contribution in [-0.2, 0) is 0 Å². The first kappa shape index (κ1) is 21.9. The molecule has 0 bridgehead atoms. The van der Waals surface area contributed by atoms with Gasteiger partial charge in [-0.15, -0.1) is 24.8 Å². The molecule has 0 spiro atoms. The summed E-state index contributed by atoms with van der Waals surface area (Å²) in [6, 6.07) is 5.08. The molecule has 1 N–H and O–H groups in total. The molecule has 1 aromatic rings. The monoisotopic (exact) mass is 370 g/mol. The van der Waals surface area contributed by atoms with Crippen molar-refractivity contribution in [3.05, 3.63) is 34.6 Å². The lowest BCUT2D eigenvalue weighted by Gasteiger charge is -2.35. The third kappa shape index (κ3) is 6.21. The molecule has 2 nitrogen and oxygen atoms in total. The Morgan fingerprint density at radius 3 is 2.55 bits per heavy atom. The van der Waals surface area contributed by atoms with Crippen LogP contribution in [0.15, 0.2) is 18.2 Å². The van der Waals surface area contributed by atoms with Crippen molar-refractivity contribution in [3.63, 3.8) is 0 Å². The Morgan fingerprint density at radius 2 is 1.91 bits per heavy atom.